The summed E-state index contributed by atoms with van der Waals surface area (Å²) >= 11 is 5.69. The van der Waals surface area contributed by atoms with Gasteiger partial charge in [-0.05, 0) is 36.4 Å². The van der Waals surface area contributed by atoms with Crippen LogP contribution in [0.4, 0.5) is 5.69 Å². The number of rotatable bonds is 3. The average molecular weight is 321 g/mol. The molecule has 0 radical (unpaired) electrons. The molecule has 1 amide bonds. The predicted molar refractivity (Wildman–Crippen MR) is 77.4 cm³/mol. The number of carbonyl (C=O) groups excluding carboxylic acids is 2. The molecule has 0 saturated carbocycles. The molecular weight excluding hydrogens is 312 g/mol. The van der Waals surface area contributed by atoms with E-state index in [4.69, 9.17) is 11.6 Å². The number of amides is 1. The smallest absolute Gasteiger partial charge is 0.335 e. The van der Waals surface area contributed by atoms with Gasteiger partial charge in [0.1, 0.15) is 0 Å². The Morgan fingerprint density at radius 2 is 1.55 bits per heavy atom. The normalized spacial score (nSPS) is 9.86. The number of nitro benzene ring substituents is 1. The van der Waals surface area contributed by atoms with E-state index in [0.717, 1.165) is 0 Å². The highest BCUT2D eigenvalue weighted by molar-refractivity contribution is 6.30. The fourth-order valence-corrected chi connectivity index (χ4v) is 1.66. The van der Waals surface area contributed by atoms with Crippen molar-refractivity contribution >= 4 is 29.2 Å². The van der Waals surface area contributed by atoms with E-state index in [9.17, 15) is 19.7 Å². The molecule has 112 valence electrons. The van der Waals surface area contributed by atoms with Gasteiger partial charge in [0.2, 0.25) is 0 Å². The molecule has 0 fully saturated rings. The lowest BCUT2D eigenvalue weighted by atomic mass is 10.2. The average Bonchev–Trinajstić information content (AvgIpc) is 2.53. The minimum absolute atomic E-state index is 0.120. The fraction of sp³-hybridized carbons (Fsp3) is 0. The molecule has 0 aliphatic heterocycles. The molecule has 0 saturated heterocycles. The number of nitrogens with one attached hydrogen (secondary N) is 1. The molecule has 22 heavy (non-hydrogen) atoms. The van der Waals surface area contributed by atoms with Crippen LogP contribution < -0.4 is 5.48 Å². The van der Waals surface area contributed by atoms with Gasteiger partial charge in [-0.15, -0.1) is 0 Å². The highest BCUT2D eigenvalue weighted by atomic mass is 35.5. The van der Waals surface area contributed by atoms with Crippen molar-refractivity contribution in [3.8, 4) is 0 Å². The van der Waals surface area contributed by atoms with Gasteiger partial charge in [-0.2, -0.15) is 5.48 Å². The molecule has 7 nitrogen and oxygen atoms in total. The summed E-state index contributed by atoms with van der Waals surface area (Å²) in [6.07, 6.45) is 0. The molecule has 0 spiro atoms. The van der Waals surface area contributed by atoms with Crippen molar-refractivity contribution in [1.29, 1.82) is 0 Å². The minimum Gasteiger partial charge on any atom is -0.335 e. The lowest BCUT2D eigenvalue weighted by Crippen LogP contribution is -2.27. The summed E-state index contributed by atoms with van der Waals surface area (Å²) < 4.78 is 0. The molecule has 2 rings (SSSR count). The molecule has 0 aliphatic rings. The van der Waals surface area contributed by atoms with E-state index in [-0.39, 0.29) is 16.8 Å². The van der Waals surface area contributed by atoms with Crippen molar-refractivity contribution in [2.24, 2.45) is 0 Å². The molecule has 0 atom stereocenters. The Kier molecular flexibility index (Phi) is 4.70. The number of nitrogens with zero attached hydrogens (tertiary/aromatic N) is 1. The molecule has 2 aromatic carbocycles. The molecule has 0 aromatic heterocycles. The van der Waals surface area contributed by atoms with Crippen LogP contribution in [0.15, 0.2) is 48.5 Å². The topological polar surface area (TPSA) is 98.5 Å². The van der Waals surface area contributed by atoms with Crippen molar-refractivity contribution in [3.63, 3.8) is 0 Å². The van der Waals surface area contributed by atoms with Crippen molar-refractivity contribution < 1.29 is 19.3 Å². The lowest BCUT2D eigenvalue weighted by molar-refractivity contribution is -0.384. The van der Waals surface area contributed by atoms with Crippen LogP contribution in [-0.2, 0) is 4.84 Å². The van der Waals surface area contributed by atoms with Crippen LogP contribution in [0, 0.1) is 10.1 Å². The zero-order chi connectivity index (χ0) is 16.1. The molecule has 0 aliphatic carbocycles. The number of carbonyl (C=O) groups is 2. The molecular formula is C14H9ClN2O5. The van der Waals surface area contributed by atoms with Crippen LogP contribution >= 0.6 is 11.6 Å². The largest absolute Gasteiger partial charge is 0.362 e. The monoisotopic (exact) mass is 320 g/mol. The Morgan fingerprint density at radius 1 is 1.00 bits per heavy atom. The first kappa shape index (κ1) is 15.5. The van der Waals surface area contributed by atoms with Crippen LogP contribution in [0.1, 0.15) is 20.7 Å². The summed E-state index contributed by atoms with van der Waals surface area (Å²) in [6.45, 7) is 0. The maximum absolute atomic E-state index is 11.7. The predicted octanol–water partition coefficient (Wildman–Crippen LogP) is 2.75. The molecule has 8 heteroatoms. The minimum atomic E-state index is -0.757. The van der Waals surface area contributed by atoms with E-state index in [1.807, 2.05) is 5.48 Å². The Hall–Kier alpha value is -2.93. The van der Waals surface area contributed by atoms with Crippen molar-refractivity contribution in [2.75, 3.05) is 0 Å². The van der Waals surface area contributed by atoms with Gasteiger partial charge >= 0.3 is 5.97 Å². The SMILES string of the molecule is O=C(NOC(=O)c1ccc(Cl)cc1)c1ccc([N+](=O)[O-])cc1. The highest BCUT2D eigenvalue weighted by Gasteiger charge is 2.12. The zero-order valence-electron chi connectivity index (χ0n) is 11.0. The number of hydroxylamine groups is 1. The molecule has 0 bridgehead atoms. The number of hydrogen-bond donors (Lipinski definition) is 1. The Balaban J connectivity index is 1.96. The first-order valence-electron chi connectivity index (χ1n) is 5.99. The van der Waals surface area contributed by atoms with E-state index >= 15 is 0 Å². The third-order valence-corrected chi connectivity index (χ3v) is 2.91. The summed E-state index contributed by atoms with van der Waals surface area (Å²) in [5.41, 5.74) is 2.16. The first-order chi connectivity index (χ1) is 10.5. The van der Waals surface area contributed by atoms with E-state index in [1.54, 1.807) is 0 Å². The molecule has 2 aromatic rings. The summed E-state index contributed by atoms with van der Waals surface area (Å²) in [5.74, 6) is -1.45. The summed E-state index contributed by atoms with van der Waals surface area (Å²) in [7, 11) is 0. The maximum Gasteiger partial charge on any atom is 0.362 e. The van der Waals surface area contributed by atoms with E-state index in [2.05, 4.69) is 4.84 Å². The van der Waals surface area contributed by atoms with Gasteiger partial charge in [0.25, 0.3) is 11.6 Å². The third kappa shape index (κ3) is 3.80. The molecule has 0 heterocycles. The van der Waals surface area contributed by atoms with Crippen molar-refractivity contribution in [2.45, 2.75) is 0 Å². The molecule has 1 N–H and O–H groups in total. The van der Waals surface area contributed by atoms with Gasteiger partial charge in [-0.25, -0.2) is 4.79 Å². The van der Waals surface area contributed by atoms with Crippen LogP contribution in [-0.4, -0.2) is 16.8 Å². The van der Waals surface area contributed by atoms with E-state index in [0.29, 0.717) is 5.02 Å². The zero-order valence-corrected chi connectivity index (χ0v) is 11.7. The van der Waals surface area contributed by atoms with Gasteiger partial charge < -0.3 is 4.84 Å². The molecule has 0 unspecified atom stereocenters. The highest BCUT2D eigenvalue weighted by Crippen LogP contribution is 2.12. The quantitative estimate of drug-likeness (QED) is 0.692. The standard InChI is InChI=1S/C14H9ClN2O5/c15-11-5-1-10(2-6-11)14(19)22-16-13(18)9-3-7-12(8-4-9)17(20)21/h1-8H,(H,16,18). The number of benzene rings is 2. The summed E-state index contributed by atoms with van der Waals surface area (Å²) in [5, 5.41) is 11.0. The fourth-order valence-electron chi connectivity index (χ4n) is 1.53. The summed E-state index contributed by atoms with van der Waals surface area (Å²) in [4.78, 5) is 38.0. The number of nitro groups is 1. The number of hydrogen-bond acceptors (Lipinski definition) is 5. The Labute approximate surface area is 129 Å². The second-order valence-electron chi connectivity index (χ2n) is 4.13. The maximum atomic E-state index is 11.7. The first-order valence-corrected chi connectivity index (χ1v) is 6.36. The van der Waals surface area contributed by atoms with E-state index in [1.165, 1.54) is 48.5 Å². The lowest BCUT2D eigenvalue weighted by Gasteiger charge is -2.05. The van der Waals surface area contributed by atoms with Crippen LogP contribution in [0.2, 0.25) is 5.02 Å². The van der Waals surface area contributed by atoms with Gasteiger partial charge in [0.15, 0.2) is 0 Å². The number of halogens is 1. The van der Waals surface area contributed by atoms with Gasteiger partial charge in [-0.3, -0.25) is 14.9 Å². The third-order valence-electron chi connectivity index (χ3n) is 2.66. The number of non-ortho nitro benzene ring substituents is 1. The second-order valence-corrected chi connectivity index (χ2v) is 4.57. The Bertz CT molecular complexity index is 713. The Morgan fingerprint density at radius 3 is 2.09 bits per heavy atom. The second kappa shape index (κ2) is 6.68. The van der Waals surface area contributed by atoms with Crippen LogP contribution in [0.5, 0.6) is 0 Å². The van der Waals surface area contributed by atoms with E-state index < -0.39 is 16.8 Å². The van der Waals surface area contributed by atoms with Gasteiger partial charge in [0.05, 0.1) is 10.5 Å². The summed E-state index contributed by atoms with van der Waals surface area (Å²) in [6, 6.07) is 10.8. The van der Waals surface area contributed by atoms with Crippen molar-refractivity contribution in [3.05, 3.63) is 74.8 Å². The van der Waals surface area contributed by atoms with Crippen LogP contribution in [0.3, 0.4) is 0 Å². The van der Waals surface area contributed by atoms with Gasteiger partial charge in [0, 0.05) is 22.7 Å². The van der Waals surface area contributed by atoms with Crippen LogP contribution in [0.25, 0.3) is 0 Å². The van der Waals surface area contributed by atoms with Gasteiger partial charge in [-0.1, -0.05) is 11.6 Å². The van der Waals surface area contributed by atoms with Crippen molar-refractivity contribution in [1.82, 2.24) is 5.48 Å².